The van der Waals surface area contributed by atoms with Crippen molar-refractivity contribution in [3.8, 4) is 0 Å². The van der Waals surface area contributed by atoms with Crippen LogP contribution < -0.4 is 5.32 Å². The van der Waals surface area contributed by atoms with Gasteiger partial charge in [-0.25, -0.2) is 4.79 Å². The zero-order chi connectivity index (χ0) is 22.7. The maximum atomic E-state index is 12.7. The molecular formula is C24H22Cl2N2O3S. The van der Waals surface area contributed by atoms with Gasteiger partial charge in [0.2, 0.25) is 5.91 Å². The van der Waals surface area contributed by atoms with E-state index in [9.17, 15) is 9.59 Å². The second-order valence-corrected chi connectivity index (χ2v) is 9.35. The topological polar surface area (TPSA) is 58.6 Å². The number of hydrogen-bond donors (Lipinski definition) is 1. The predicted molar refractivity (Wildman–Crippen MR) is 132 cm³/mol. The molecule has 1 heterocycles. The Hall–Kier alpha value is -2.41. The van der Waals surface area contributed by atoms with Gasteiger partial charge in [0.15, 0.2) is 0 Å². The fraction of sp³-hybridized carbons (Fsp3) is 0.250. The molecule has 1 N–H and O–H groups in total. The highest BCUT2D eigenvalue weighted by Gasteiger charge is 2.38. The molecule has 0 aliphatic carbocycles. The predicted octanol–water partition coefficient (Wildman–Crippen LogP) is 6.75. The summed E-state index contributed by atoms with van der Waals surface area (Å²) in [4.78, 5) is 27.0. The number of anilines is 1. The van der Waals surface area contributed by atoms with Crippen molar-refractivity contribution in [2.24, 2.45) is 0 Å². The van der Waals surface area contributed by atoms with Crippen LogP contribution in [-0.2, 0) is 9.53 Å². The molecule has 32 heavy (non-hydrogen) atoms. The van der Waals surface area contributed by atoms with Crippen LogP contribution >= 0.6 is 35.0 Å². The van der Waals surface area contributed by atoms with Crippen LogP contribution in [0.1, 0.15) is 24.3 Å². The van der Waals surface area contributed by atoms with E-state index in [-0.39, 0.29) is 23.9 Å². The van der Waals surface area contributed by atoms with Gasteiger partial charge in [-0.2, -0.15) is 0 Å². The number of ether oxygens (including phenoxy) is 1. The number of amides is 2. The van der Waals surface area contributed by atoms with E-state index in [1.54, 1.807) is 17.0 Å². The molecule has 0 bridgehead atoms. The molecule has 0 saturated carbocycles. The number of halogens is 2. The Morgan fingerprint density at radius 2 is 1.97 bits per heavy atom. The summed E-state index contributed by atoms with van der Waals surface area (Å²) in [7, 11) is 0. The van der Waals surface area contributed by atoms with Crippen LogP contribution in [0, 0.1) is 0 Å². The quantitative estimate of drug-likeness (QED) is 0.416. The minimum absolute atomic E-state index is 0.00377. The lowest BCUT2D eigenvalue weighted by Crippen LogP contribution is -2.41. The summed E-state index contributed by atoms with van der Waals surface area (Å²) in [5.74, 6) is 0.346. The molecule has 3 aromatic carbocycles. The van der Waals surface area contributed by atoms with Crippen LogP contribution in [0.25, 0.3) is 10.8 Å². The third kappa shape index (κ3) is 4.82. The zero-order valence-corrected chi connectivity index (χ0v) is 19.7. The first-order valence-electron chi connectivity index (χ1n) is 10.3. The van der Waals surface area contributed by atoms with E-state index in [1.807, 2.05) is 55.5 Å². The number of thioether (sulfide) groups is 1. The minimum Gasteiger partial charge on any atom is -0.447 e. The highest BCUT2D eigenvalue weighted by molar-refractivity contribution is 8.00. The number of nitrogens with zero attached hydrogens (tertiary/aromatic N) is 1. The number of benzene rings is 3. The molecule has 0 spiro atoms. The van der Waals surface area contributed by atoms with Crippen LogP contribution in [0.3, 0.4) is 0 Å². The molecule has 1 aliphatic rings. The van der Waals surface area contributed by atoms with Crippen molar-refractivity contribution in [2.45, 2.75) is 24.8 Å². The smallest absolute Gasteiger partial charge is 0.411 e. The standard InChI is InChI=1S/C24H22Cl2N2O3S/c1-2-17(28-22(29)14-32-23(28)19-11-10-16(25)12-20(19)26)13-31-24(30)27-21-9-5-7-15-6-3-4-8-18(15)21/h3-12,17,23H,2,13-14H2,1H3,(H,27,30). The van der Waals surface area contributed by atoms with Gasteiger partial charge in [-0.05, 0) is 30.0 Å². The monoisotopic (exact) mass is 488 g/mol. The van der Waals surface area contributed by atoms with Crippen molar-refractivity contribution >= 4 is 63.4 Å². The summed E-state index contributed by atoms with van der Waals surface area (Å²) in [5.41, 5.74) is 1.50. The van der Waals surface area contributed by atoms with Gasteiger partial charge in [0.1, 0.15) is 12.0 Å². The second-order valence-electron chi connectivity index (χ2n) is 7.44. The van der Waals surface area contributed by atoms with Gasteiger partial charge in [0, 0.05) is 21.0 Å². The number of rotatable bonds is 6. The van der Waals surface area contributed by atoms with Gasteiger partial charge in [-0.15, -0.1) is 11.8 Å². The van der Waals surface area contributed by atoms with E-state index in [1.165, 1.54) is 11.8 Å². The van der Waals surface area contributed by atoms with E-state index in [2.05, 4.69) is 5.32 Å². The minimum atomic E-state index is -0.555. The Kier molecular flexibility index (Phi) is 7.13. The van der Waals surface area contributed by atoms with Gasteiger partial charge >= 0.3 is 6.09 Å². The van der Waals surface area contributed by atoms with Crippen molar-refractivity contribution in [3.63, 3.8) is 0 Å². The molecule has 4 rings (SSSR count). The van der Waals surface area contributed by atoms with E-state index in [4.69, 9.17) is 27.9 Å². The second kappa shape index (κ2) is 10.0. The van der Waals surface area contributed by atoms with Gasteiger partial charge in [0.05, 0.1) is 17.5 Å². The zero-order valence-electron chi connectivity index (χ0n) is 17.4. The summed E-state index contributed by atoms with van der Waals surface area (Å²) < 4.78 is 5.53. The summed E-state index contributed by atoms with van der Waals surface area (Å²) >= 11 is 13.9. The molecule has 166 valence electrons. The third-order valence-corrected chi connectivity index (χ3v) is 7.20. The Labute approximate surface area is 201 Å². The molecule has 2 amide bonds. The van der Waals surface area contributed by atoms with Crippen molar-refractivity contribution in [1.82, 2.24) is 4.90 Å². The number of hydrogen-bond acceptors (Lipinski definition) is 4. The highest BCUT2D eigenvalue weighted by Crippen LogP contribution is 2.43. The largest absolute Gasteiger partial charge is 0.447 e. The molecule has 0 aromatic heterocycles. The van der Waals surface area contributed by atoms with Crippen LogP contribution in [0.4, 0.5) is 10.5 Å². The van der Waals surface area contributed by atoms with E-state index in [0.717, 1.165) is 16.3 Å². The average molecular weight is 489 g/mol. The molecular weight excluding hydrogens is 467 g/mol. The maximum Gasteiger partial charge on any atom is 0.411 e. The van der Waals surface area contributed by atoms with Crippen LogP contribution in [-0.4, -0.2) is 35.3 Å². The van der Waals surface area contributed by atoms with Crippen molar-refractivity contribution in [2.75, 3.05) is 17.7 Å². The fourth-order valence-corrected chi connectivity index (χ4v) is 5.68. The Morgan fingerprint density at radius 1 is 1.19 bits per heavy atom. The van der Waals surface area contributed by atoms with E-state index >= 15 is 0 Å². The van der Waals surface area contributed by atoms with Gasteiger partial charge in [-0.3, -0.25) is 10.1 Å². The van der Waals surface area contributed by atoms with E-state index < -0.39 is 6.09 Å². The Morgan fingerprint density at radius 3 is 2.75 bits per heavy atom. The fourth-order valence-electron chi connectivity index (χ4n) is 3.82. The molecule has 0 radical (unpaired) electrons. The van der Waals surface area contributed by atoms with Crippen LogP contribution in [0.15, 0.2) is 60.7 Å². The summed E-state index contributed by atoms with van der Waals surface area (Å²) in [5, 5.41) is 5.59. The molecule has 1 aliphatic heterocycles. The summed E-state index contributed by atoms with van der Waals surface area (Å²) in [6.07, 6.45) is 0.0791. The molecule has 2 atom stereocenters. The summed E-state index contributed by atoms with van der Waals surface area (Å²) in [6, 6.07) is 18.5. The van der Waals surface area contributed by atoms with Gasteiger partial charge in [-0.1, -0.05) is 72.6 Å². The lowest BCUT2D eigenvalue weighted by Gasteiger charge is -2.32. The van der Waals surface area contributed by atoms with Gasteiger partial charge in [0.25, 0.3) is 0 Å². The average Bonchev–Trinajstić information content (AvgIpc) is 3.15. The number of carbonyl (C=O) groups is 2. The normalized spacial score (nSPS) is 16.9. The lowest BCUT2D eigenvalue weighted by molar-refractivity contribution is -0.131. The molecule has 3 aromatic rings. The summed E-state index contributed by atoms with van der Waals surface area (Å²) in [6.45, 7) is 2.05. The molecule has 5 nitrogen and oxygen atoms in total. The third-order valence-electron chi connectivity index (χ3n) is 5.43. The lowest BCUT2D eigenvalue weighted by atomic mass is 10.1. The van der Waals surface area contributed by atoms with Crippen LogP contribution in [0.2, 0.25) is 10.0 Å². The number of carbonyl (C=O) groups excluding carboxylic acids is 2. The maximum absolute atomic E-state index is 12.7. The van der Waals surface area contributed by atoms with E-state index in [0.29, 0.717) is 27.9 Å². The molecule has 1 saturated heterocycles. The van der Waals surface area contributed by atoms with Crippen molar-refractivity contribution in [1.29, 1.82) is 0 Å². The molecule has 2 unspecified atom stereocenters. The van der Waals surface area contributed by atoms with Crippen LogP contribution in [0.5, 0.6) is 0 Å². The molecule has 1 fully saturated rings. The highest BCUT2D eigenvalue weighted by atomic mass is 35.5. The van der Waals surface area contributed by atoms with Crippen molar-refractivity contribution in [3.05, 3.63) is 76.3 Å². The molecule has 8 heteroatoms. The van der Waals surface area contributed by atoms with Crippen molar-refractivity contribution < 1.29 is 14.3 Å². The van der Waals surface area contributed by atoms with Gasteiger partial charge < -0.3 is 9.64 Å². The Bertz CT molecular complexity index is 1150. The first-order chi connectivity index (χ1) is 15.5. The Balaban J connectivity index is 1.46. The number of nitrogens with one attached hydrogen (secondary N) is 1. The SMILES string of the molecule is CCC(COC(=O)Nc1cccc2ccccc12)N1C(=O)CSC1c1ccc(Cl)cc1Cl. The first kappa shape index (κ1) is 22.8. The first-order valence-corrected chi connectivity index (χ1v) is 12.1. The number of fused-ring (bicyclic) bond motifs is 1.